The zero-order valence-electron chi connectivity index (χ0n) is 11.9. The van der Waals surface area contributed by atoms with Gasteiger partial charge in [0.05, 0.1) is 6.61 Å². The Balaban J connectivity index is 3.63. The van der Waals surface area contributed by atoms with Gasteiger partial charge in [0.15, 0.2) is 0 Å². The molecule has 0 bridgehead atoms. The number of nitrogens with one attached hydrogen (secondary N) is 1. The average Bonchev–Trinajstić information content (AvgIpc) is 2.20. The van der Waals surface area contributed by atoms with Crippen LogP contribution in [0.1, 0.15) is 47.0 Å². The lowest BCUT2D eigenvalue weighted by molar-refractivity contribution is 0.195. The predicted octanol–water partition coefficient (Wildman–Crippen LogP) is 3.32. The van der Waals surface area contributed by atoms with Crippen LogP contribution < -0.4 is 5.32 Å². The Hall–Kier alpha value is -0.0800. The molecular formula is C14H31NO. The fourth-order valence-corrected chi connectivity index (χ4v) is 1.92. The Morgan fingerprint density at radius 1 is 1.06 bits per heavy atom. The van der Waals surface area contributed by atoms with E-state index in [0.29, 0.717) is 0 Å². The predicted molar refractivity (Wildman–Crippen MR) is 71.8 cm³/mol. The molecule has 0 aliphatic carbocycles. The van der Waals surface area contributed by atoms with Crippen LogP contribution in [0.4, 0.5) is 0 Å². The lowest BCUT2D eigenvalue weighted by atomic mass is 9.89. The molecule has 1 unspecified atom stereocenters. The van der Waals surface area contributed by atoms with Crippen molar-refractivity contribution < 1.29 is 4.74 Å². The molecule has 0 spiro atoms. The van der Waals surface area contributed by atoms with E-state index in [4.69, 9.17) is 4.74 Å². The maximum absolute atomic E-state index is 5.03. The maximum Gasteiger partial charge on any atom is 0.0587 e. The van der Waals surface area contributed by atoms with Gasteiger partial charge in [-0.05, 0) is 30.7 Å². The van der Waals surface area contributed by atoms with Crippen molar-refractivity contribution in [3.8, 4) is 0 Å². The van der Waals surface area contributed by atoms with Gasteiger partial charge in [-0.3, -0.25) is 0 Å². The molecule has 2 heteroatoms. The second kappa shape index (κ2) is 10.1. The number of hydrogen-bond donors (Lipinski definition) is 1. The van der Waals surface area contributed by atoms with E-state index in [-0.39, 0.29) is 0 Å². The van der Waals surface area contributed by atoms with Crippen LogP contribution in [-0.4, -0.2) is 26.8 Å². The normalized spacial score (nSPS) is 13.7. The van der Waals surface area contributed by atoms with Gasteiger partial charge in [-0.15, -0.1) is 0 Å². The highest BCUT2D eigenvalue weighted by Gasteiger charge is 2.12. The molecule has 0 radical (unpaired) electrons. The van der Waals surface area contributed by atoms with Gasteiger partial charge in [-0.2, -0.15) is 0 Å². The summed E-state index contributed by atoms with van der Waals surface area (Å²) in [6.07, 6.45) is 4.09. The highest BCUT2D eigenvalue weighted by Crippen LogP contribution is 2.19. The first kappa shape index (κ1) is 15.9. The van der Waals surface area contributed by atoms with Crippen molar-refractivity contribution in [3.63, 3.8) is 0 Å². The zero-order chi connectivity index (χ0) is 12.4. The summed E-state index contributed by atoms with van der Waals surface area (Å²) >= 11 is 0. The fourth-order valence-electron chi connectivity index (χ4n) is 1.92. The number of ether oxygens (including phenoxy) is 1. The smallest absolute Gasteiger partial charge is 0.0587 e. The van der Waals surface area contributed by atoms with Gasteiger partial charge in [0.25, 0.3) is 0 Å². The molecule has 0 aromatic heterocycles. The molecule has 0 rings (SSSR count). The average molecular weight is 229 g/mol. The SMILES string of the molecule is COCCNCC(CCCC(C)C)C(C)C. The Labute approximate surface area is 102 Å². The van der Waals surface area contributed by atoms with E-state index in [1.165, 1.54) is 19.3 Å². The van der Waals surface area contributed by atoms with Crippen LogP contribution in [0, 0.1) is 17.8 Å². The number of rotatable bonds is 10. The molecule has 0 saturated heterocycles. The van der Waals surface area contributed by atoms with E-state index in [9.17, 15) is 0 Å². The number of methoxy groups -OCH3 is 1. The lowest BCUT2D eigenvalue weighted by Gasteiger charge is -2.21. The molecule has 16 heavy (non-hydrogen) atoms. The molecule has 0 aromatic rings. The minimum absolute atomic E-state index is 0.780. The molecular weight excluding hydrogens is 198 g/mol. The van der Waals surface area contributed by atoms with Crippen LogP contribution in [0.2, 0.25) is 0 Å². The summed E-state index contributed by atoms with van der Waals surface area (Å²) in [7, 11) is 1.75. The first-order chi connectivity index (χ1) is 7.57. The fraction of sp³-hybridized carbons (Fsp3) is 1.00. The van der Waals surface area contributed by atoms with E-state index in [0.717, 1.165) is 37.5 Å². The Morgan fingerprint density at radius 3 is 2.25 bits per heavy atom. The van der Waals surface area contributed by atoms with Crippen LogP contribution >= 0.6 is 0 Å². The van der Waals surface area contributed by atoms with Gasteiger partial charge < -0.3 is 10.1 Å². The standard InChI is InChI=1S/C14H31NO/c1-12(2)7-6-8-14(13(3)4)11-15-9-10-16-5/h12-15H,6-11H2,1-5H3. The first-order valence-electron chi connectivity index (χ1n) is 6.77. The minimum atomic E-state index is 0.780. The summed E-state index contributed by atoms with van der Waals surface area (Å²) < 4.78 is 5.03. The first-order valence-corrected chi connectivity index (χ1v) is 6.77. The second-order valence-electron chi connectivity index (χ2n) is 5.53. The molecule has 0 fully saturated rings. The van der Waals surface area contributed by atoms with Crippen molar-refractivity contribution >= 4 is 0 Å². The van der Waals surface area contributed by atoms with E-state index in [1.54, 1.807) is 7.11 Å². The van der Waals surface area contributed by atoms with Crippen molar-refractivity contribution in [1.82, 2.24) is 5.32 Å². The van der Waals surface area contributed by atoms with Gasteiger partial charge in [-0.1, -0.05) is 40.5 Å². The van der Waals surface area contributed by atoms with Crippen molar-refractivity contribution in [2.24, 2.45) is 17.8 Å². The molecule has 0 aliphatic heterocycles. The summed E-state index contributed by atoms with van der Waals surface area (Å²) in [6.45, 7) is 12.2. The third kappa shape index (κ3) is 9.17. The summed E-state index contributed by atoms with van der Waals surface area (Å²) in [4.78, 5) is 0. The van der Waals surface area contributed by atoms with Crippen LogP contribution in [0.5, 0.6) is 0 Å². The van der Waals surface area contributed by atoms with Crippen LogP contribution in [0.15, 0.2) is 0 Å². The third-order valence-electron chi connectivity index (χ3n) is 3.19. The molecule has 1 atom stereocenters. The highest BCUT2D eigenvalue weighted by atomic mass is 16.5. The topological polar surface area (TPSA) is 21.3 Å². The summed E-state index contributed by atoms with van der Waals surface area (Å²) in [5, 5.41) is 3.48. The molecule has 0 amide bonds. The quantitative estimate of drug-likeness (QED) is 0.580. The summed E-state index contributed by atoms with van der Waals surface area (Å²) in [6, 6.07) is 0. The third-order valence-corrected chi connectivity index (χ3v) is 3.19. The van der Waals surface area contributed by atoms with E-state index in [2.05, 4.69) is 33.0 Å². The van der Waals surface area contributed by atoms with E-state index >= 15 is 0 Å². The van der Waals surface area contributed by atoms with E-state index < -0.39 is 0 Å². The minimum Gasteiger partial charge on any atom is -0.383 e. The molecule has 2 nitrogen and oxygen atoms in total. The molecule has 1 N–H and O–H groups in total. The van der Waals surface area contributed by atoms with Crippen LogP contribution in [-0.2, 0) is 4.74 Å². The molecule has 0 aromatic carbocycles. The number of hydrogen-bond acceptors (Lipinski definition) is 2. The second-order valence-corrected chi connectivity index (χ2v) is 5.53. The Bertz CT molecular complexity index is 146. The van der Waals surface area contributed by atoms with Crippen molar-refractivity contribution in [2.45, 2.75) is 47.0 Å². The molecule has 0 saturated carbocycles. The van der Waals surface area contributed by atoms with Gasteiger partial charge >= 0.3 is 0 Å². The Morgan fingerprint density at radius 2 is 1.75 bits per heavy atom. The monoisotopic (exact) mass is 229 g/mol. The van der Waals surface area contributed by atoms with Crippen LogP contribution in [0.3, 0.4) is 0 Å². The zero-order valence-corrected chi connectivity index (χ0v) is 11.9. The largest absolute Gasteiger partial charge is 0.383 e. The van der Waals surface area contributed by atoms with Crippen molar-refractivity contribution in [3.05, 3.63) is 0 Å². The van der Waals surface area contributed by atoms with Crippen LogP contribution in [0.25, 0.3) is 0 Å². The van der Waals surface area contributed by atoms with Gasteiger partial charge in [0.2, 0.25) is 0 Å². The van der Waals surface area contributed by atoms with Gasteiger partial charge in [0.1, 0.15) is 0 Å². The molecule has 0 aliphatic rings. The van der Waals surface area contributed by atoms with Gasteiger partial charge in [-0.25, -0.2) is 0 Å². The summed E-state index contributed by atoms with van der Waals surface area (Å²) in [5.74, 6) is 2.44. The maximum atomic E-state index is 5.03. The van der Waals surface area contributed by atoms with E-state index in [1.807, 2.05) is 0 Å². The Kier molecular flexibility index (Phi) is 10.0. The van der Waals surface area contributed by atoms with Crippen molar-refractivity contribution in [1.29, 1.82) is 0 Å². The lowest BCUT2D eigenvalue weighted by Crippen LogP contribution is -2.28. The molecule has 98 valence electrons. The molecule has 0 heterocycles. The van der Waals surface area contributed by atoms with Gasteiger partial charge in [0, 0.05) is 13.7 Å². The van der Waals surface area contributed by atoms with Crippen molar-refractivity contribution in [2.75, 3.05) is 26.8 Å². The summed E-state index contributed by atoms with van der Waals surface area (Å²) in [5.41, 5.74) is 0. The highest BCUT2D eigenvalue weighted by molar-refractivity contribution is 4.66.